The molecule has 3 N–H and O–H groups in total. The Kier molecular flexibility index (Phi) is 7.55. The van der Waals surface area contributed by atoms with Crippen LogP contribution in [0, 0.1) is 0 Å². The van der Waals surface area contributed by atoms with Gasteiger partial charge in [0.15, 0.2) is 0 Å². The van der Waals surface area contributed by atoms with E-state index < -0.39 is 0 Å². The molecule has 0 aromatic heterocycles. The normalized spacial score (nSPS) is 15.3. The summed E-state index contributed by atoms with van der Waals surface area (Å²) < 4.78 is 0. The zero-order valence-electron chi connectivity index (χ0n) is 15.3. The summed E-state index contributed by atoms with van der Waals surface area (Å²) in [6, 6.07) is 16.5. The van der Waals surface area contributed by atoms with Gasteiger partial charge >= 0.3 is 0 Å². The van der Waals surface area contributed by atoms with Crippen molar-refractivity contribution in [2.24, 2.45) is 0 Å². The van der Waals surface area contributed by atoms with Gasteiger partial charge in [-0.2, -0.15) is 0 Å². The highest BCUT2D eigenvalue weighted by Crippen LogP contribution is 2.28. The Labute approximate surface area is 158 Å². The monoisotopic (exact) mass is 368 g/mol. The van der Waals surface area contributed by atoms with Crippen molar-refractivity contribution in [1.82, 2.24) is 10.6 Å². The highest BCUT2D eigenvalue weighted by Gasteiger charge is 2.22. The summed E-state index contributed by atoms with van der Waals surface area (Å²) in [6.07, 6.45) is 1.06. The predicted molar refractivity (Wildman–Crippen MR) is 103 cm³/mol. The van der Waals surface area contributed by atoms with Gasteiger partial charge in [0, 0.05) is 31.8 Å². The Morgan fingerprint density at radius 3 is 2.48 bits per heavy atom. The van der Waals surface area contributed by atoms with Crippen molar-refractivity contribution in [1.29, 1.82) is 0 Å². The van der Waals surface area contributed by atoms with Crippen molar-refractivity contribution < 1.29 is 19.5 Å². The third-order valence-corrected chi connectivity index (χ3v) is 4.49. The Morgan fingerprint density at radius 2 is 1.89 bits per heavy atom. The first-order valence-electron chi connectivity index (χ1n) is 8.88. The fourth-order valence-corrected chi connectivity index (χ4v) is 3.05. The number of carbonyl (C=O) groups excluding carboxylic acids is 2. The number of nitrogens with one attached hydrogen (secondary N) is 2. The summed E-state index contributed by atoms with van der Waals surface area (Å²) in [4.78, 5) is 31.2. The van der Waals surface area contributed by atoms with E-state index in [0.717, 1.165) is 23.2 Å². The van der Waals surface area contributed by atoms with Gasteiger partial charge in [-0.3, -0.25) is 14.4 Å². The number of hydrogen-bond donors (Lipinski definition) is 3. The summed E-state index contributed by atoms with van der Waals surface area (Å²) in [5.74, 6) is 0.449. The molecule has 2 aromatic rings. The average Bonchev–Trinajstić information content (AvgIpc) is 3.13. The number of carboxylic acid groups (broad SMARTS) is 1. The van der Waals surface area contributed by atoms with Gasteiger partial charge in [-0.25, -0.2) is 0 Å². The van der Waals surface area contributed by atoms with E-state index in [1.54, 1.807) is 0 Å². The zero-order chi connectivity index (χ0) is 19.6. The van der Waals surface area contributed by atoms with Crippen LogP contribution in [0.15, 0.2) is 48.5 Å². The van der Waals surface area contributed by atoms with Gasteiger partial charge in [-0.1, -0.05) is 55.5 Å². The Bertz CT molecular complexity index is 787. The topological polar surface area (TPSA) is 95.5 Å². The molecule has 1 aliphatic rings. The van der Waals surface area contributed by atoms with E-state index in [9.17, 15) is 9.59 Å². The number of hydrogen-bond acceptors (Lipinski definition) is 3. The van der Waals surface area contributed by atoms with Crippen LogP contribution in [0.3, 0.4) is 0 Å². The van der Waals surface area contributed by atoms with Gasteiger partial charge in [-0.05, 0) is 22.3 Å². The van der Waals surface area contributed by atoms with Crippen LogP contribution in [0.2, 0.25) is 0 Å². The maximum atomic E-state index is 11.5. The molecule has 2 aromatic carbocycles. The van der Waals surface area contributed by atoms with E-state index in [1.165, 1.54) is 5.56 Å². The molecule has 1 saturated heterocycles. The predicted octanol–water partition coefficient (Wildman–Crippen LogP) is 2.68. The second-order valence-electron chi connectivity index (χ2n) is 6.22. The summed E-state index contributed by atoms with van der Waals surface area (Å²) >= 11 is 0. The van der Waals surface area contributed by atoms with Crippen LogP contribution >= 0.6 is 0 Å². The van der Waals surface area contributed by atoms with Crippen molar-refractivity contribution >= 4 is 18.3 Å². The van der Waals surface area contributed by atoms with E-state index in [0.29, 0.717) is 19.4 Å². The SMILES string of the molecule is CCC(=O)NCc1ccccc1-c1ccc(C2CNC(=O)C2)cc1.O=CO. The van der Waals surface area contributed by atoms with E-state index >= 15 is 0 Å². The summed E-state index contributed by atoms with van der Waals surface area (Å²) in [7, 11) is 0. The minimum absolute atomic E-state index is 0.0542. The zero-order valence-corrected chi connectivity index (χ0v) is 15.3. The fraction of sp³-hybridized carbons (Fsp3) is 0.286. The van der Waals surface area contributed by atoms with Gasteiger partial charge in [0.05, 0.1) is 0 Å². The standard InChI is InChI=1S/C20H22N2O2.CH2O2/c1-2-19(23)21-12-16-5-3-4-6-18(16)15-9-7-14(8-10-15)17-11-20(24)22-13-17;2-1-3/h3-10,17H,2,11-13H2,1H3,(H,21,23)(H,22,24);1H,(H,2,3). The van der Waals surface area contributed by atoms with Crippen molar-refractivity contribution in [3.8, 4) is 11.1 Å². The number of carbonyl (C=O) groups is 3. The largest absolute Gasteiger partial charge is 0.483 e. The van der Waals surface area contributed by atoms with Crippen LogP contribution in [-0.2, 0) is 20.9 Å². The lowest BCUT2D eigenvalue weighted by Gasteiger charge is -2.13. The van der Waals surface area contributed by atoms with E-state index in [4.69, 9.17) is 9.90 Å². The smallest absolute Gasteiger partial charge is 0.290 e. The van der Waals surface area contributed by atoms with Gasteiger partial charge < -0.3 is 15.7 Å². The first-order chi connectivity index (χ1) is 13.1. The molecule has 1 aliphatic heterocycles. The minimum Gasteiger partial charge on any atom is -0.483 e. The van der Waals surface area contributed by atoms with Crippen LogP contribution in [0.5, 0.6) is 0 Å². The van der Waals surface area contributed by atoms with Crippen LogP contribution in [0.4, 0.5) is 0 Å². The highest BCUT2D eigenvalue weighted by atomic mass is 16.3. The van der Waals surface area contributed by atoms with E-state index in [2.05, 4.69) is 41.0 Å². The van der Waals surface area contributed by atoms with Crippen LogP contribution in [0.25, 0.3) is 11.1 Å². The maximum Gasteiger partial charge on any atom is 0.290 e. The van der Waals surface area contributed by atoms with Crippen LogP contribution in [-0.4, -0.2) is 29.9 Å². The highest BCUT2D eigenvalue weighted by molar-refractivity contribution is 5.79. The molecular formula is C21H24N2O4. The van der Waals surface area contributed by atoms with Crippen molar-refractivity contribution in [2.75, 3.05) is 6.54 Å². The molecule has 0 aliphatic carbocycles. The molecule has 27 heavy (non-hydrogen) atoms. The molecule has 6 nitrogen and oxygen atoms in total. The van der Waals surface area contributed by atoms with Crippen molar-refractivity contribution in [3.05, 3.63) is 59.7 Å². The van der Waals surface area contributed by atoms with E-state index in [1.807, 2.05) is 25.1 Å². The maximum absolute atomic E-state index is 11.5. The molecule has 2 amide bonds. The molecule has 1 fully saturated rings. The lowest BCUT2D eigenvalue weighted by atomic mass is 9.94. The molecule has 142 valence electrons. The molecular weight excluding hydrogens is 344 g/mol. The lowest BCUT2D eigenvalue weighted by molar-refractivity contribution is -0.123. The van der Waals surface area contributed by atoms with Crippen molar-refractivity contribution in [3.63, 3.8) is 0 Å². The molecule has 6 heteroatoms. The third kappa shape index (κ3) is 5.67. The number of rotatable bonds is 5. The van der Waals surface area contributed by atoms with Crippen LogP contribution in [0.1, 0.15) is 36.8 Å². The Morgan fingerprint density at radius 1 is 1.22 bits per heavy atom. The summed E-state index contributed by atoms with van der Waals surface area (Å²) in [5, 5.41) is 12.7. The number of amides is 2. The van der Waals surface area contributed by atoms with Gasteiger partial charge in [0.2, 0.25) is 11.8 Å². The summed E-state index contributed by atoms with van der Waals surface area (Å²) in [6.45, 7) is 2.85. The van der Waals surface area contributed by atoms with E-state index in [-0.39, 0.29) is 24.2 Å². The van der Waals surface area contributed by atoms with Crippen LogP contribution < -0.4 is 10.6 Å². The molecule has 0 spiro atoms. The molecule has 0 saturated carbocycles. The number of benzene rings is 2. The molecule has 1 unspecified atom stereocenters. The molecule has 0 bridgehead atoms. The molecule has 0 radical (unpaired) electrons. The third-order valence-electron chi connectivity index (χ3n) is 4.49. The van der Waals surface area contributed by atoms with Gasteiger partial charge in [-0.15, -0.1) is 0 Å². The second kappa shape index (κ2) is 10.1. The minimum atomic E-state index is -0.250. The quantitative estimate of drug-likeness (QED) is 0.707. The molecule has 1 atom stereocenters. The first kappa shape index (κ1) is 20.2. The van der Waals surface area contributed by atoms with Crippen molar-refractivity contribution in [2.45, 2.75) is 32.2 Å². The summed E-state index contributed by atoms with van der Waals surface area (Å²) in [5.41, 5.74) is 4.54. The van der Waals surface area contributed by atoms with Gasteiger partial charge in [0.1, 0.15) is 0 Å². The van der Waals surface area contributed by atoms with Gasteiger partial charge in [0.25, 0.3) is 6.47 Å². The Hall–Kier alpha value is -3.15. The fourth-order valence-electron chi connectivity index (χ4n) is 3.05. The lowest BCUT2D eigenvalue weighted by Crippen LogP contribution is -2.21. The average molecular weight is 368 g/mol. The Balaban J connectivity index is 0.000000817. The molecule has 1 heterocycles. The first-order valence-corrected chi connectivity index (χ1v) is 8.88. The second-order valence-corrected chi connectivity index (χ2v) is 6.22. The molecule has 3 rings (SSSR count).